The van der Waals surface area contributed by atoms with Crippen molar-refractivity contribution in [3.05, 3.63) is 66.0 Å². The van der Waals surface area contributed by atoms with Crippen LogP contribution in [-0.4, -0.2) is 23.0 Å². The van der Waals surface area contributed by atoms with E-state index in [0.29, 0.717) is 11.3 Å². The fourth-order valence-electron chi connectivity index (χ4n) is 3.66. The minimum absolute atomic E-state index is 0.0996. The number of nitrogens with one attached hydrogen (secondary N) is 1. The van der Waals surface area contributed by atoms with Crippen LogP contribution in [0, 0.1) is 5.82 Å². The molecule has 4 nitrogen and oxygen atoms in total. The van der Waals surface area contributed by atoms with Gasteiger partial charge in [-0.2, -0.15) is 0 Å². The molecule has 0 spiro atoms. The Balaban J connectivity index is 1.70. The second kappa shape index (κ2) is 7.45. The summed E-state index contributed by atoms with van der Waals surface area (Å²) in [4.78, 5) is 17.7. The lowest BCUT2D eigenvalue weighted by atomic mass is 9.91. The van der Waals surface area contributed by atoms with Gasteiger partial charge in [0.15, 0.2) is 0 Å². The van der Waals surface area contributed by atoms with Crippen LogP contribution in [0.2, 0.25) is 0 Å². The minimum Gasteiger partial charge on any atom is -0.349 e. The normalized spacial score (nSPS) is 19.8. The van der Waals surface area contributed by atoms with E-state index in [2.05, 4.69) is 10.3 Å². The van der Waals surface area contributed by atoms with E-state index in [1.54, 1.807) is 18.2 Å². The van der Waals surface area contributed by atoms with E-state index < -0.39 is 0 Å². The predicted octanol–water partition coefficient (Wildman–Crippen LogP) is 4.04. The summed E-state index contributed by atoms with van der Waals surface area (Å²) in [5.74, 6) is -0.398. The standard InChI is InChI=1S/C22H22FN3O/c23-15-7-5-14(6-8-15)21-13-19(18-3-1-2-4-20(18)26-21)22(27)25-17-11-9-16(24)10-12-17/h1-8,13,16-17H,9-12,24H2,(H,25,27). The summed E-state index contributed by atoms with van der Waals surface area (Å²) >= 11 is 0. The quantitative estimate of drug-likeness (QED) is 0.738. The Morgan fingerprint density at radius 2 is 1.74 bits per heavy atom. The Labute approximate surface area is 157 Å². The predicted molar refractivity (Wildman–Crippen MR) is 105 cm³/mol. The largest absolute Gasteiger partial charge is 0.349 e. The van der Waals surface area contributed by atoms with Gasteiger partial charge in [-0.15, -0.1) is 0 Å². The highest BCUT2D eigenvalue weighted by atomic mass is 19.1. The molecule has 1 aromatic heterocycles. The second-order valence-electron chi connectivity index (χ2n) is 7.16. The lowest BCUT2D eigenvalue weighted by Crippen LogP contribution is -2.40. The van der Waals surface area contributed by atoms with E-state index in [1.807, 2.05) is 24.3 Å². The third kappa shape index (κ3) is 3.83. The number of nitrogens with two attached hydrogens (primary N) is 1. The maximum atomic E-state index is 13.3. The van der Waals surface area contributed by atoms with Gasteiger partial charge in [-0.05, 0) is 62.1 Å². The highest BCUT2D eigenvalue weighted by Gasteiger charge is 2.22. The number of amides is 1. The molecule has 1 aliphatic carbocycles. The first kappa shape index (κ1) is 17.6. The van der Waals surface area contributed by atoms with Crippen molar-refractivity contribution in [2.75, 3.05) is 0 Å². The van der Waals surface area contributed by atoms with E-state index in [9.17, 15) is 9.18 Å². The molecule has 2 aromatic carbocycles. The number of nitrogens with zero attached hydrogens (tertiary/aromatic N) is 1. The number of halogens is 1. The van der Waals surface area contributed by atoms with Gasteiger partial charge in [0, 0.05) is 23.0 Å². The van der Waals surface area contributed by atoms with Crippen molar-refractivity contribution in [2.24, 2.45) is 5.73 Å². The fraction of sp³-hybridized carbons (Fsp3) is 0.273. The van der Waals surface area contributed by atoms with E-state index in [0.717, 1.165) is 42.1 Å². The number of carbonyl (C=O) groups is 1. The van der Waals surface area contributed by atoms with Crippen molar-refractivity contribution in [1.29, 1.82) is 0 Å². The molecule has 0 atom stereocenters. The van der Waals surface area contributed by atoms with E-state index in [1.165, 1.54) is 12.1 Å². The van der Waals surface area contributed by atoms with Crippen molar-refractivity contribution in [3.63, 3.8) is 0 Å². The molecule has 5 heteroatoms. The average molecular weight is 363 g/mol. The summed E-state index contributed by atoms with van der Waals surface area (Å²) in [6, 6.07) is 15.9. The van der Waals surface area contributed by atoms with Gasteiger partial charge in [-0.25, -0.2) is 9.37 Å². The van der Waals surface area contributed by atoms with Crippen LogP contribution >= 0.6 is 0 Å². The molecule has 3 N–H and O–H groups in total. The monoisotopic (exact) mass is 363 g/mol. The Morgan fingerprint density at radius 1 is 1.04 bits per heavy atom. The van der Waals surface area contributed by atoms with Crippen molar-refractivity contribution in [2.45, 2.75) is 37.8 Å². The molecule has 138 valence electrons. The van der Waals surface area contributed by atoms with Crippen molar-refractivity contribution < 1.29 is 9.18 Å². The number of para-hydroxylation sites is 1. The topological polar surface area (TPSA) is 68.0 Å². The third-order valence-corrected chi connectivity index (χ3v) is 5.21. The molecule has 1 amide bonds. The summed E-state index contributed by atoms with van der Waals surface area (Å²) in [6.07, 6.45) is 3.67. The van der Waals surface area contributed by atoms with Crippen LogP contribution in [0.5, 0.6) is 0 Å². The summed E-state index contributed by atoms with van der Waals surface area (Å²) < 4.78 is 13.3. The number of benzene rings is 2. The number of pyridine rings is 1. The van der Waals surface area contributed by atoms with Gasteiger partial charge in [0.05, 0.1) is 16.8 Å². The lowest BCUT2D eigenvalue weighted by molar-refractivity contribution is 0.0927. The zero-order chi connectivity index (χ0) is 18.8. The number of hydrogen-bond acceptors (Lipinski definition) is 3. The van der Waals surface area contributed by atoms with Gasteiger partial charge in [0.25, 0.3) is 5.91 Å². The Kier molecular flexibility index (Phi) is 4.86. The number of hydrogen-bond donors (Lipinski definition) is 2. The first-order valence-electron chi connectivity index (χ1n) is 9.32. The van der Waals surface area contributed by atoms with Crippen LogP contribution in [0.3, 0.4) is 0 Å². The molecule has 1 saturated carbocycles. The van der Waals surface area contributed by atoms with E-state index in [4.69, 9.17) is 5.73 Å². The maximum Gasteiger partial charge on any atom is 0.252 e. The van der Waals surface area contributed by atoms with Gasteiger partial charge >= 0.3 is 0 Å². The maximum absolute atomic E-state index is 13.3. The van der Waals surface area contributed by atoms with Gasteiger partial charge < -0.3 is 11.1 Å². The molecule has 4 rings (SSSR count). The third-order valence-electron chi connectivity index (χ3n) is 5.21. The Hall–Kier alpha value is -2.79. The molecule has 1 aliphatic rings. The molecule has 3 aromatic rings. The lowest BCUT2D eigenvalue weighted by Gasteiger charge is -2.27. The molecule has 1 fully saturated rings. The molecule has 0 radical (unpaired) electrons. The van der Waals surface area contributed by atoms with E-state index in [-0.39, 0.29) is 23.8 Å². The first-order chi connectivity index (χ1) is 13.1. The van der Waals surface area contributed by atoms with Crippen LogP contribution in [0.25, 0.3) is 22.2 Å². The van der Waals surface area contributed by atoms with Crippen molar-refractivity contribution in [3.8, 4) is 11.3 Å². The van der Waals surface area contributed by atoms with Crippen molar-refractivity contribution in [1.82, 2.24) is 10.3 Å². The highest BCUT2D eigenvalue weighted by molar-refractivity contribution is 6.07. The zero-order valence-electron chi connectivity index (χ0n) is 15.0. The minimum atomic E-state index is -0.298. The molecule has 1 heterocycles. The number of fused-ring (bicyclic) bond motifs is 1. The summed E-state index contributed by atoms with van der Waals surface area (Å²) in [5.41, 5.74) is 8.73. The van der Waals surface area contributed by atoms with Crippen LogP contribution in [0.1, 0.15) is 36.0 Å². The van der Waals surface area contributed by atoms with Crippen LogP contribution in [-0.2, 0) is 0 Å². The summed E-state index contributed by atoms with van der Waals surface area (Å²) in [6.45, 7) is 0. The Morgan fingerprint density at radius 3 is 2.48 bits per heavy atom. The second-order valence-corrected chi connectivity index (χ2v) is 7.16. The van der Waals surface area contributed by atoms with Gasteiger partial charge in [0.2, 0.25) is 0 Å². The summed E-state index contributed by atoms with van der Waals surface area (Å²) in [5, 5.41) is 3.97. The Bertz CT molecular complexity index is 963. The zero-order valence-corrected chi connectivity index (χ0v) is 15.0. The summed E-state index contributed by atoms with van der Waals surface area (Å²) in [7, 11) is 0. The SMILES string of the molecule is NC1CCC(NC(=O)c2cc(-c3ccc(F)cc3)nc3ccccc23)CC1. The molecule has 0 saturated heterocycles. The molecule has 0 bridgehead atoms. The van der Waals surface area contributed by atoms with Crippen LogP contribution in [0.4, 0.5) is 4.39 Å². The molecular weight excluding hydrogens is 341 g/mol. The van der Waals surface area contributed by atoms with Gasteiger partial charge in [-0.3, -0.25) is 4.79 Å². The molecular formula is C22H22FN3O. The number of aromatic nitrogens is 1. The van der Waals surface area contributed by atoms with Crippen LogP contribution < -0.4 is 11.1 Å². The average Bonchev–Trinajstić information content (AvgIpc) is 2.69. The molecule has 27 heavy (non-hydrogen) atoms. The number of rotatable bonds is 3. The van der Waals surface area contributed by atoms with Gasteiger partial charge in [0.1, 0.15) is 5.82 Å². The first-order valence-corrected chi connectivity index (χ1v) is 9.32. The van der Waals surface area contributed by atoms with Crippen LogP contribution in [0.15, 0.2) is 54.6 Å². The molecule has 0 unspecified atom stereocenters. The smallest absolute Gasteiger partial charge is 0.252 e. The molecule has 0 aliphatic heterocycles. The number of carbonyl (C=O) groups excluding carboxylic acids is 1. The van der Waals surface area contributed by atoms with E-state index >= 15 is 0 Å². The fourth-order valence-corrected chi connectivity index (χ4v) is 3.66. The van der Waals surface area contributed by atoms with Gasteiger partial charge in [-0.1, -0.05) is 18.2 Å². The van der Waals surface area contributed by atoms with Crippen molar-refractivity contribution >= 4 is 16.8 Å². The highest BCUT2D eigenvalue weighted by Crippen LogP contribution is 2.26.